The molecule has 3 nitrogen and oxygen atoms in total. The van der Waals surface area contributed by atoms with Gasteiger partial charge >= 0.3 is 6.18 Å². The van der Waals surface area contributed by atoms with Crippen LogP contribution in [0.4, 0.5) is 17.6 Å². The van der Waals surface area contributed by atoms with Gasteiger partial charge in [-0.2, -0.15) is 13.2 Å². The van der Waals surface area contributed by atoms with Crippen molar-refractivity contribution >= 4 is 6.08 Å². The van der Waals surface area contributed by atoms with E-state index < -0.39 is 23.1 Å². The molecule has 0 bridgehead atoms. The van der Waals surface area contributed by atoms with Crippen LogP contribution in [-0.2, 0) is 6.18 Å². The van der Waals surface area contributed by atoms with E-state index in [4.69, 9.17) is 5.53 Å². The quantitative estimate of drug-likeness (QED) is 0.332. The van der Waals surface area contributed by atoms with E-state index in [-0.39, 0.29) is 6.54 Å². The summed E-state index contributed by atoms with van der Waals surface area (Å²) in [5.74, 6) is -0.975. The van der Waals surface area contributed by atoms with Crippen LogP contribution in [0.25, 0.3) is 16.5 Å². The van der Waals surface area contributed by atoms with Crippen molar-refractivity contribution in [2.75, 3.05) is 6.54 Å². The van der Waals surface area contributed by atoms with E-state index in [2.05, 4.69) is 10.0 Å². The van der Waals surface area contributed by atoms with Gasteiger partial charge in [-0.05, 0) is 17.7 Å². The summed E-state index contributed by atoms with van der Waals surface area (Å²) < 4.78 is 50.8. The molecule has 0 atom stereocenters. The molecule has 0 aliphatic carbocycles. The predicted octanol–water partition coefficient (Wildman–Crippen LogP) is 4.17. The number of azide groups is 1. The molecule has 0 aromatic heterocycles. The first-order valence-electron chi connectivity index (χ1n) is 4.50. The number of hydrogen-bond donors (Lipinski definition) is 0. The smallest absolute Gasteiger partial charge is 0.206 e. The van der Waals surface area contributed by atoms with Crippen molar-refractivity contribution in [3.63, 3.8) is 0 Å². The zero-order chi connectivity index (χ0) is 12.9. The summed E-state index contributed by atoms with van der Waals surface area (Å²) in [5.41, 5.74) is 6.35. The molecule has 0 N–H and O–H groups in total. The topological polar surface area (TPSA) is 48.8 Å². The number of nitrogens with zero attached hydrogens (tertiary/aromatic N) is 3. The summed E-state index contributed by atoms with van der Waals surface area (Å²) >= 11 is 0. The van der Waals surface area contributed by atoms with Gasteiger partial charge in [-0.1, -0.05) is 23.3 Å². The van der Waals surface area contributed by atoms with E-state index in [1.54, 1.807) is 0 Å². The number of hydrogen-bond acceptors (Lipinski definition) is 1. The van der Waals surface area contributed by atoms with Crippen molar-refractivity contribution in [3.05, 3.63) is 51.7 Å². The molecule has 0 saturated heterocycles. The van der Waals surface area contributed by atoms with E-state index in [0.717, 1.165) is 30.4 Å². The lowest BCUT2D eigenvalue weighted by molar-refractivity contribution is -0.137. The molecule has 0 heterocycles. The van der Waals surface area contributed by atoms with Crippen molar-refractivity contribution in [3.8, 4) is 0 Å². The third-order valence-electron chi connectivity index (χ3n) is 1.89. The summed E-state index contributed by atoms with van der Waals surface area (Å²) in [5, 5.41) is 3.10. The molecular weight excluding hydrogens is 238 g/mol. The minimum atomic E-state index is -4.62. The fraction of sp³-hybridized carbons (Fsp3) is 0.200. The molecule has 0 amide bonds. The summed E-state index contributed by atoms with van der Waals surface area (Å²) in [4.78, 5) is 2.42. The summed E-state index contributed by atoms with van der Waals surface area (Å²) in [6, 6.07) is 2.71. The normalized spacial score (nSPS) is 11.5. The van der Waals surface area contributed by atoms with Crippen molar-refractivity contribution in [1.82, 2.24) is 0 Å². The second-order valence-corrected chi connectivity index (χ2v) is 3.01. The Labute approximate surface area is 94.0 Å². The molecule has 0 aliphatic heterocycles. The Morgan fingerprint density at radius 3 is 2.65 bits per heavy atom. The fourth-order valence-corrected chi connectivity index (χ4v) is 1.21. The first kappa shape index (κ1) is 13.1. The number of alkyl halides is 3. The van der Waals surface area contributed by atoms with Crippen LogP contribution in [0.2, 0.25) is 0 Å². The third-order valence-corrected chi connectivity index (χ3v) is 1.89. The molecule has 0 spiro atoms. The van der Waals surface area contributed by atoms with E-state index in [9.17, 15) is 17.6 Å². The second-order valence-electron chi connectivity index (χ2n) is 3.01. The van der Waals surface area contributed by atoms with Crippen LogP contribution in [0.1, 0.15) is 11.1 Å². The number of rotatable bonds is 3. The van der Waals surface area contributed by atoms with E-state index in [1.165, 1.54) is 0 Å². The molecule has 0 radical (unpaired) electrons. The van der Waals surface area contributed by atoms with Gasteiger partial charge in [0.2, 0.25) is 0 Å². The monoisotopic (exact) mass is 245 g/mol. The Balaban J connectivity index is 3.12. The highest BCUT2D eigenvalue weighted by atomic mass is 19.4. The molecule has 0 unspecified atom stereocenters. The van der Waals surface area contributed by atoms with Crippen molar-refractivity contribution in [1.29, 1.82) is 0 Å². The Hall–Kier alpha value is -2.01. The highest BCUT2D eigenvalue weighted by Crippen LogP contribution is 2.33. The summed E-state index contributed by atoms with van der Waals surface area (Å²) in [7, 11) is 0. The molecule has 1 aromatic carbocycles. The average Bonchev–Trinajstić information content (AvgIpc) is 2.24. The summed E-state index contributed by atoms with van der Waals surface area (Å²) in [6.07, 6.45) is -2.51. The molecule has 7 heteroatoms. The minimum absolute atomic E-state index is 0.137. The van der Waals surface area contributed by atoms with E-state index in [0.29, 0.717) is 0 Å². The van der Waals surface area contributed by atoms with E-state index in [1.807, 2.05) is 0 Å². The van der Waals surface area contributed by atoms with Gasteiger partial charge in [-0.15, -0.1) is 0 Å². The molecule has 1 rings (SSSR count). The first-order chi connectivity index (χ1) is 7.96. The number of benzene rings is 1. The van der Waals surface area contributed by atoms with Gasteiger partial charge in [-0.3, -0.25) is 0 Å². The van der Waals surface area contributed by atoms with Gasteiger partial charge in [0, 0.05) is 17.0 Å². The maximum atomic E-state index is 13.2. The fourth-order valence-electron chi connectivity index (χ4n) is 1.21. The molecule has 17 heavy (non-hydrogen) atoms. The van der Waals surface area contributed by atoms with Crippen molar-refractivity contribution in [2.45, 2.75) is 6.18 Å². The van der Waals surface area contributed by atoms with Crippen LogP contribution < -0.4 is 0 Å². The molecule has 0 saturated carbocycles. The molecular formula is C10H7F4N3. The largest absolute Gasteiger partial charge is 0.417 e. The van der Waals surface area contributed by atoms with Crippen molar-refractivity contribution < 1.29 is 17.6 Å². The third kappa shape index (κ3) is 3.49. The Kier molecular flexibility index (Phi) is 4.12. The lowest BCUT2D eigenvalue weighted by Crippen LogP contribution is -2.08. The van der Waals surface area contributed by atoms with Gasteiger partial charge in [0.25, 0.3) is 0 Å². The van der Waals surface area contributed by atoms with Gasteiger partial charge in [0.1, 0.15) is 5.82 Å². The van der Waals surface area contributed by atoms with Crippen LogP contribution in [0, 0.1) is 5.82 Å². The zero-order valence-corrected chi connectivity index (χ0v) is 8.45. The van der Waals surface area contributed by atoms with Crippen LogP contribution in [-0.4, -0.2) is 6.54 Å². The maximum Gasteiger partial charge on any atom is 0.417 e. The highest BCUT2D eigenvalue weighted by molar-refractivity contribution is 5.55. The van der Waals surface area contributed by atoms with Crippen LogP contribution >= 0.6 is 0 Å². The van der Waals surface area contributed by atoms with Gasteiger partial charge in [-0.25, -0.2) is 4.39 Å². The lowest BCUT2D eigenvalue weighted by Gasteiger charge is -2.10. The predicted molar refractivity (Wildman–Crippen MR) is 54.4 cm³/mol. The maximum absolute atomic E-state index is 13.2. The van der Waals surface area contributed by atoms with E-state index >= 15 is 0 Å². The Bertz CT molecular complexity index is 473. The van der Waals surface area contributed by atoms with Crippen LogP contribution in [0.5, 0.6) is 0 Å². The Morgan fingerprint density at radius 2 is 2.06 bits per heavy atom. The highest BCUT2D eigenvalue weighted by Gasteiger charge is 2.33. The van der Waals surface area contributed by atoms with Crippen LogP contribution in [0.15, 0.2) is 29.4 Å². The summed E-state index contributed by atoms with van der Waals surface area (Å²) in [6.45, 7) is -0.137. The molecule has 0 aliphatic rings. The van der Waals surface area contributed by atoms with Gasteiger partial charge in [0.15, 0.2) is 0 Å². The van der Waals surface area contributed by atoms with Gasteiger partial charge in [0.05, 0.1) is 5.56 Å². The molecule has 90 valence electrons. The lowest BCUT2D eigenvalue weighted by atomic mass is 10.1. The molecule has 0 fully saturated rings. The number of halogens is 4. The standard InChI is InChI=1S/C10H7F4N3/c11-9-5-1-4-8(10(12,13)14)7(9)3-2-6-16-17-15/h1-5H,6H2. The zero-order valence-electron chi connectivity index (χ0n) is 8.45. The first-order valence-corrected chi connectivity index (χ1v) is 4.50. The minimum Gasteiger partial charge on any atom is -0.206 e. The Morgan fingerprint density at radius 1 is 1.35 bits per heavy atom. The van der Waals surface area contributed by atoms with Gasteiger partial charge < -0.3 is 0 Å². The second kappa shape index (κ2) is 5.36. The van der Waals surface area contributed by atoms with Crippen molar-refractivity contribution in [2.24, 2.45) is 5.11 Å². The van der Waals surface area contributed by atoms with Crippen LogP contribution in [0.3, 0.4) is 0 Å². The average molecular weight is 245 g/mol. The SMILES string of the molecule is [N-]=[N+]=NCC=Cc1c(F)cccc1C(F)(F)F. The molecule has 1 aromatic rings.